The van der Waals surface area contributed by atoms with E-state index in [-0.39, 0.29) is 5.69 Å². The number of ether oxygens (including phenoxy) is 1. The number of benzene rings is 1. The third-order valence-corrected chi connectivity index (χ3v) is 3.10. The van der Waals surface area contributed by atoms with Gasteiger partial charge in [-0.15, -0.1) is 0 Å². The van der Waals surface area contributed by atoms with Crippen LogP contribution in [0.1, 0.15) is 16.1 Å². The van der Waals surface area contributed by atoms with Crippen molar-refractivity contribution in [3.63, 3.8) is 0 Å². The number of esters is 1. The van der Waals surface area contributed by atoms with Crippen molar-refractivity contribution in [3.8, 4) is 0 Å². The lowest BCUT2D eigenvalue weighted by Gasteiger charge is -2.03. The van der Waals surface area contributed by atoms with Gasteiger partial charge in [-0.3, -0.25) is 4.68 Å². The highest BCUT2D eigenvalue weighted by molar-refractivity contribution is 6.42. The van der Waals surface area contributed by atoms with E-state index < -0.39 is 5.97 Å². The Morgan fingerprint density at radius 1 is 1.33 bits per heavy atom. The highest BCUT2D eigenvalue weighted by Gasteiger charge is 2.09. The third kappa shape index (κ3) is 2.83. The number of carbonyl (C=O) groups is 1. The molecule has 0 N–H and O–H groups in total. The maximum atomic E-state index is 11.2. The van der Waals surface area contributed by atoms with E-state index in [1.54, 1.807) is 29.1 Å². The first-order chi connectivity index (χ1) is 8.60. The SMILES string of the molecule is COC(=O)c1ccn(Cc2ccc(Cl)c(Cl)c2)n1. The Bertz CT molecular complexity index is 581. The monoisotopic (exact) mass is 284 g/mol. The van der Waals surface area contributed by atoms with Crippen molar-refractivity contribution in [2.45, 2.75) is 6.54 Å². The fourth-order valence-corrected chi connectivity index (χ4v) is 1.81. The summed E-state index contributed by atoms with van der Waals surface area (Å²) in [5, 5.41) is 5.10. The van der Waals surface area contributed by atoms with Crippen LogP contribution in [0.15, 0.2) is 30.5 Å². The number of hydrogen-bond acceptors (Lipinski definition) is 3. The summed E-state index contributed by atoms with van der Waals surface area (Å²) >= 11 is 11.8. The molecule has 1 aromatic heterocycles. The highest BCUT2D eigenvalue weighted by Crippen LogP contribution is 2.22. The molecule has 4 nitrogen and oxygen atoms in total. The van der Waals surface area contributed by atoms with Crippen molar-refractivity contribution in [2.24, 2.45) is 0 Å². The first-order valence-corrected chi connectivity index (χ1v) is 5.91. The Labute approximate surface area is 114 Å². The molecule has 0 fully saturated rings. The Morgan fingerprint density at radius 2 is 2.11 bits per heavy atom. The second kappa shape index (κ2) is 5.42. The number of nitrogens with zero attached hydrogens (tertiary/aromatic N) is 2. The van der Waals surface area contributed by atoms with Gasteiger partial charge in [0.15, 0.2) is 5.69 Å². The van der Waals surface area contributed by atoms with E-state index in [4.69, 9.17) is 23.2 Å². The molecule has 0 aliphatic carbocycles. The molecule has 0 aliphatic heterocycles. The summed E-state index contributed by atoms with van der Waals surface area (Å²) in [6.07, 6.45) is 1.70. The Balaban J connectivity index is 2.16. The van der Waals surface area contributed by atoms with E-state index in [1.807, 2.05) is 6.07 Å². The van der Waals surface area contributed by atoms with Crippen LogP contribution in [0, 0.1) is 0 Å². The average molecular weight is 285 g/mol. The van der Waals surface area contributed by atoms with Gasteiger partial charge in [-0.05, 0) is 23.8 Å². The van der Waals surface area contributed by atoms with Crippen LogP contribution in [0.2, 0.25) is 10.0 Å². The summed E-state index contributed by atoms with van der Waals surface area (Å²) in [5.74, 6) is -0.456. The minimum Gasteiger partial charge on any atom is -0.464 e. The van der Waals surface area contributed by atoms with Gasteiger partial charge in [0.2, 0.25) is 0 Å². The molecule has 0 radical (unpaired) electrons. The number of aromatic nitrogens is 2. The second-order valence-electron chi connectivity index (χ2n) is 3.64. The summed E-state index contributed by atoms with van der Waals surface area (Å²) in [6, 6.07) is 6.95. The van der Waals surface area contributed by atoms with Crippen LogP contribution in [0.3, 0.4) is 0 Å². The van der Waals surface area contributed by atoms with Crippen LogP contribution in [-0.4, -0.2) is 22.9 Å². The zero-order valence-corrected chi connectivity index (χ0v) is 11.1. The van der Waals surface area contributed by atoms with E-state index in [2.05, 4.69) is 9.84 Å². The van der Waals surface area contributed by atoms with Gasteiger partial charge in [0.05, 0.1) is 23.7 Å². The molecule has 0 bridgehead atoms. The van der Waals surface area contributed by atoms with Crippen molar-refractivity contribution in [2.75, 3.05) is 7.11 Å². The van der Waals surface area contributed by atoms with Gasteiger partial charge in [0.25, 0.3) is 0 Å². The number of rotatable bonds is 3. The summed E-state index contributed by atoms with van der Waals surface area (Å²) in [6.45, 7) is 0.508. The molecule has 2 rings (SSSR count). The van der Waals surface area contributed by atoms with Crippen molar-refractivity contribution >= 4 is 29.2 Å². The van der Waals surface area contributed by atoms with E-state index in [9.17, 15) is 4.79 Å². The molecule has 0 unspecified atom stereocenters. The number of carbonyl (C=O) groups excluding carboxylic acids is 1. The Kier molecular flexibility index (Phi) is 3.89. The van der Waals surface area contributed by atoms with E-state index in [1.165, 1.54) is 7.11 Å². The van der Waals surface area contributed by atoms with Crippen molar-refractivity contribution in [1.82, 2.24) is 9.78 Å². The van der Waals surface area contributed by atoms with Gasteiger partial charge in [-0.2, -0.15) is 5.10 Å². The van der Waals surface area contributed by atoms with Gasteiger partial charge in [-0.25, -0.2) is 4.79 Å². The molecule has 1 heterocycles. The molecule has 18 heavy (non-hydrogen) atoms. The molecule has 2 aromatic rings. The maximum absolute atomic E-state index is 11.2. The molecular formula is C12H10Cl2N2O2. The normalized spacial score (nSPS) is 10.4. The summed E-state index contributed by atoms with van der Waals surface area (Å²) in [4.78, 5) is 11.2. The smallest absolute Gasteiger partial charge is 0.358 e. The standard InChI is InChI=1S/C12H10Cl2N2O2/c1-18-12(17)11-4-5-16(15-11)7-8-2-3-9(13)10(14)6-8/h2-6H,7H2,1H3. The van der Waals surface area contributed by atoms with Gasteiger partial charge >= 0.3 is 5.97 Å². The summed E-state index contributed by atoms with van der Waals surface area (Å²) in [7, 11) is 1.32. The molecule has 6 heteroatoms. The minimum atomic E-state index is -0.456. The van der Waals surface area contributed by atoms with Crippen molar-refractivity contribution < 1.29 is 9.53 Å². The predicted molar refractivity (Wildman–Crippen MR) is 69.1 cm³/mol. The fourth-order valence-electron chi connectivity index (χ4n) is 1.49. The molecule has 0 saturated heterocycles. The lowest BCUT2D eigenvalue weighted by molar-refractivity contribution is 0.0593. The number of hydrogen-bond donors (Lipinski definition) is 0. The largest absolute Gasteiger partial charge is 0.464 e. The topological polar surface area (TPSA) is 44.1 Å². The Morgan fingerprint density at radius 3 is 2.78 bits per heavy atom. The van der Waals surface area contributed by atoms with Gasteiger partial charge in [0, 0.05) is 6.20 Å². The average Bonchev–Trinajstić information content (AvgIpc) is 2.81. The second-order valence-corrected chi connectivity index (χ2v) is 4.45. The highest BCUT2D eigenvalue weighted by atomic mass is 35.5. The van der Waals surface area contributed by atoms with E-state index >= 15 is 0 Å². The van der Waals surface area contributed by atoms with Crippen LogP contribution in [0.4, 0.5) is 0 Å². The molecule has 94 valence electrons. The molecule has 0 amide bonds. The lowest BCUT2D eigenvalue weighted by Crippen LogP contribution is -2.05. The van der Waals surface area contributed by atoms with Crippen LogP contribution in [-0.2, 0) is 11.3 Å². The van der Waals surface area contributed by atoms with E-state index in [0.29, 0.717) is 16.6 Å². The Hall–Kier alpha value is -1.52. The molecule has 0 saturated carbocycles. The molecule has 1 aromatic carbocycles. The zero-order valence-electron chi connectivity index (χ0n) is 9.56. The molecule has 0 atom stereocenters. The molecular weight excluding hydrogens is 275 g/mol. The van der Waals surface area contributed by atoms with Crippen LogP contribution in [0.5, 0.6) is 0 Å². The lowest BCUT2D eigenvalue weighted by atomic mass is 10.2. The zero-order chi connectivity index (χ0) is 13.1. The first-order valence-electron chi connectivity index (χ1n) is 5.16. The van der Waals surface area contributed by atoms with E-state index in [0.717, 1.165) is 5.56 Å². The summed E-state index contributed by atoms with van der Waals surface area (Å²) < 4.78 is 6.21. The fraction of sp³-hybridized carbons (Fsp3) is 0.167. The van der Waals surface area contributed by atoms with Crippen LogP contribution < -0.4 is 0 Å². The molecule has 0 spiro atoms. The third-order valence-electron chi connectivity index (χ3n) is 2.36. The summed E-state index contributed by atoms with van der Waals surface area (Å²) in [5.41, 5.74) is 1.22. The van der Waals surface area contributed by atoms with Crippen molar-refractivity contribution in [3.05, 3.63) is 51.8 Å². The van der Waals surface area contributed by atoms with Gasteiger partial charge in [-0.1, -0.05) is 29.3 Å². The van der Waals surface area contributed by atoms with Gasteiger partial charge < -0.3 is 4.74 Å². The number of halogens is 2. The van der Waals surface area contributed by atoms with Gasteiger partial charge in [0.1, 0.15) is 0 Å². The quantitative estimate of drug-likeness (QED) is 0.814. The van der Waals surface area contributed by atoms with Crippen LogP contribution in [0.25, 0.3) is 0 Å². The van der Waals surface area contributed by atoms with Crippen molar-refractivity contribution in [1.29, 1.82) is 0 Å². The first kappa shape index (κ1) is 12.9. The predicted octanol–water partition coefficient (Wildman–Crippen LogP) is 3.02. The molecule has 0 aliphatic rings. The minimum absolute atomic E-state index is 0.276. The van der Waals surface area contributed by atoms with Crippen LogP contribution >= 0.6 is 23.2 Å². The maximum Gasteiger partial charge on any atom is 0.358 e. The number of methoxy groups -OCH3 is 1.